The normalized spacial score (nSPS) is 13.2. The summed E-state index contributed by atoms with van der Waals surface area (Å²) >= 11 is 3.36. The molecular formula is C13H19BrO2. The van der Waals surface area contributed by atoms with Gasteiger partial charge in [0, 0.05) is 6.42 Å². The molecule has 0 spiro atoms. The van der Waals surface area contributed by atoms with Crippen molar-refractivity contribution in [1.82, 2.24) is 0 Å². The second kappa shape index (κ2) is 7.44. The molecular weight excluding hydrogens is 268 g/mol. The van der Waals surface area contributed by atoms with Crippen molar-refractivity contribution in [1.29, 1.82) is 0 Å². The van der Waals surface area contributed by atoms with E-state index in [2.05, 4.69) is 15.9 Å². The third-order valence-electron chi connectivity index (χ3n) is 2.32. The van der Waals surface area contributed by atoms with Crippen LogP contribution in [0, 0.1) is 0 Å². The van der Waals surface area contributed by atoms with Crippen LogP contribution in [-0.2, 0) is 4.79 Å². The highest BCUT2D eigenvalue weighted by atomic mass is 79.9. The molecule has 0 radical (unpaired) electrons. The van der Waals surface area contributed by atoms with E-state index in [1.54, 1.807) is 24.3 Å². The quantitative estimate of drug-likeness (QED) is 0.855. The van der Waals surface area contributed by atoms with Gasteiger partial charge < -0.3 is 5.11 Å². The molecule has 1 rings (SSSR count). The molecule has 1 unspecified atom stereocenters. The van der Waals surface area contributed by atoms with Gasteiger partial charge in [-0.05, 0) is 25.5 Å². The van der Waals surface area contributed by atoms with E-state index in [0.717, 1.165) is 6.42 Å². The van der Waals surface area contributed by atoms with Gasteiger partial charge in [0.2, 0.25) is 0 Å². The van der Waals surface area contributed by atoms with Crippen molar-refractivity contribution in [3.8, 4) is 5.75 Å². The fourth-order valence-electron chi connectivity index (χ4n) is 0.994. The predicted octanol–water partition coefficient (Wildman–Crippen LogP) is 3.92. The standard InChI is InChI=1S/C7H13BrO.C6H6O/c1-4-6(9)7(3,8)5-2;7-6-4-2-1-3-5-6/h4-5H2,1-3H3;1-5,7H. The molecule has 0 aromatic heterocycles. The lowest BCUT2D eigenvalue weighted by Gasteiger charge is -2.16. The number of phenols is 1. The number of carbonyl (C=O) groups is 1. The van der Waals surface area contributed by atoms with E-state index in [4.69, 9.17) is 5.11 Å². The molecule has 0 amide bonds. The second-order valence-corrected chi connectivity index (χ2v) is 5.41. The van der Waals surface area contributed by atoms with Gasteiger partial charge in [0.15, 0.2) is 0 Å². The number of hydrogen-bond acceptors (Lipinski definition) is 2. The lowest BCUT2D eigenvalue weighted by atomic mass is 10.0. The molecule has 3 heteroatoms. The van der Waals surface area contributed by atoms with Gasteiger partial charge in [-0.1, -0.05) is 48.0 Å². The Morgan fingerprint density at radius 1 is 1.31 bits per heavy atom. The van der Waals surface area contributed by atoms with Crippen molar-refractivity contribution in [3.63, 3.8) is 0 Å². The SMILES string of the molecule is CCC(=O)C(C)(Br)CC.Oc1ccccc1. The zero-order valence-electron chi connectivity index (χ0n) is 10.0. The van der Waals surface area contributed by atoms with Gasteiger partial charge in [-0.3, -0.25) is 4.79 Å². The largest absolute Gasteiger partial charge is 0.508 e. The van der Waals surface area contributed by atoms with Crippen LogP contribution in [0.25, 0.3) is 0 Å². The molecule has 1 aromatic rings. The lowest BCUT2D eigenvalue weighted by molar-refractivity contribution is -0.120. The lowest BCUT2D eigenvalue weighted by Crippen LogP contribution is -2.26. The van der Waals surface area contributed by atoms with Gasteiger partial charge in [-0.2, -0.15) is 0 Å². The smallest absolute Gasteiger partial charge is 0.148 e. The number of Topliss-reactive ketones (excluding diaryl/α,β-unsaturated/α-hetero) is 1. The third kappa shape index (κ3) is 5.91. The molecule has 0 aliphatic heterocycles. The van der Waals surface area contributed by atoms with Crippen molar-refractivity contribution in [3.05, 3.63) is 30.3 Å². The monoisotopic (exact) mass is 286 g/mol. The van der Waals surface area contributed by atoms with Gasteiger partial charge in [0.05, 0.1) is 4.32 Å². The van der Waals surface area contributed by atoms with Crippen LogP contribution in [0.3, 0.4) is 0 Å². The van der Waals surface area contributed by atoms with Crippen LogP contribution < -0.4 is 0 Å². The van der Waals surface area contributed by atoms with Crippen LogP contribution in [-0.4, -0.2) is 15.2 Å². The Hall–Kier alpha value is -0.830. The Labute approximate surface area is 106 Å². The molecule has 0 fully saturated rings. The van der Waals surface area contributed by atoms with Gasteiger partial charge in [0.25, 0.3) is 0 Å². The maximum absolute atomic E-state index is 11.0. The first-order chi connectivity index (χ1) is 7.44. The summed E-state index contributed by atoms with van der Waals surface area (Å²) in [6.07, 6.45) is 1.48. The summed E-state index contributed by atoms with van der Waals surface area (Å²) in [7, 11) is 0. The summed E-state index contributed by atoms with van der Waals surface area (Å²) in [6, 6.07) is 8.71. The van der Waals surface area contributed by atoms with Crippen molar-refractivity contribution in [2.75, 3.05) is 0 Å². The van der Waals surface area contributed by atoms with Crippen molar-refractivity contribution in [2.45, 2.75) is 37.9 Å². The highest BCUT2D eigenvalue weighted by molar-refractivity contribution is 9.10. The average Bonchev–Trinajstić information content (AvgIpc) is 2.29. The zero-order valence-corrected chi connectivity index (χ0v) is 11.6. The maximum atomic E-state index is 11.0. The number of hydrogen-bond donors (Lipinski definition) is 1. The molecule has 0 aliphatic rings. The van der Waals surface area contributed by atoms with E-state index in [9.17, 15) is 4.79 Å². The molecule has 0 aliphatic carbocycles. The van der Waals surface area contributed by atoms with E-state index in [0.29, 0.717) is 12.2 Å². The minimum absolute atomic E-state index is 0.276. The van der Waals surface area contributed by atoms with Gasteiger partial charge in [-0.15, -0.1) is 0 Å². The molecule has 0 saturated carbocycles. The first-order valence-electron chi connectivity index (χ1n) is 5.40. The number of para-hydroxylation sites is 1. The number of rotatable bonds is 3. The van der Waals surface area contributed by atoms with Crippen LogP contribution in [0.5, 0.6) is 5.75 Å². The molecule has 0 bridgehead atoms. The molecule has 1 N–H and O–H groups in total. The van der Waals surface area contributed by atoms with E-state index >= 15 is 0 Å². The van der Waals surface area contributed by atoms with E-state index < -0.39 is 0 Å². The molecule has 1 atom stereocenters. The van der Waals surface area contributed by atoms with Crippen LogP contribution in [0.15, 0.2) is 30.3 Å². The molecule has 90 valence electrons. The second-order valence-electron chi connectivity index (χ2n) is 3.66. The predicted molar refractivity (Wildman–Crippen MR) is 71.0 cm³/mol. The Balaban J connectivity index is 0.000000288. The first kappa shape index (κ1) is 15.2. The van der Waals surface area contributed by atoms with Crippen LogP contribution in [0.4, 0.5) is 0 Å². The summed E-state index contributed by atoms with van der Waals surface area (Å²) in [4.78, 5) is 11.0. The van der Waals surface area contributed by atoms with Crippen LogP contribution in [0.1, 0.15) is 33.6 Å². The van der Waals surface area contributed by atoms with Crippen LogP contribution in [0.2, 0.25) is 0 Å². The fourth-order valence-corrected chi connectivity index (χ4v) is 1.27. The van der Waals surface area contributed by atoms with Crippen molar-refractivity contribution < 1.29 is 9.90 Å². The Bertz CT molecular complexity index is 307. The molecule has 0 saturated heterocycles. The first-order valence-corrected chi connectivity index (χ1v) is 6.19. The topological polar surface area (TPSA) is 37.3 Å². The number of halogens is 1. The molecule has 1 aromatic carbocycles. The minimum atomic E-state index is -0.276. The fraction of sp³-hybridized carbons (Fsp3) is 0.462. The van der Waals surface area contributed by atoms with Gasteiger partial charge in [0.1, 0.15) is 11.5 Å². The molecule has 0 heterocycles. The third-order valence-corrected chi connectivity index (χ3v) is 3.33. The highest BCUT2D eigenvalue weighted by Gasteiger charge is 2.24. The average molecular weight is 287 g/mol. The number of alkyl halides is 1. The van der Waals surface area contributed by atoms with Crippen molar-refractivity contribution in [2.24, 2.45) is 0 Å². The maximum Gasteiger partial charge on any atom is 0.148 e. The Morgan fingerprint density at radius 2 is 1.81 bits per heavy atom. The number of ketones is 1. The van der Waals surface area contributed by atoms with E-state index in [1.807, 2.05) is 26.8 Å². The van der Waals surface area contributed by atoms with Gasteiger partial charge in [-0.25, -0.2) is 0 Å². The zero-order chi connectivity index (χ0) is 12.6. The molecule has 2 nitrogen and oxygen atoms in total. The van der Waals surface area contributed by atoms with E-state index in [1.165, 1.54) is 0 Å². The minimum Gasteiger partial charge on any atom is -0.508 e. The van der Waals surface area contributed by atoms with E-state index in [-0.39, 0.29) is 10.1 Å². The van der Waals surface area contributed by atoms with Crippen LogP contribution >= 0.6 is 15.9 Å². The number of carbonyl (C=O) groups excluding carboxylic acids is 1. The number of aromatic hydroxyl groups is 1. The highest BCUT2D eigenvalue weighted by Crippen LogP contribution is 2.23. The summed E-state index contributed by atoms with van der Waals surface area (Å²) < 4.78 is -0.276. The summed E-state index contributed by atoms with van der Waals surface area (Å²) in [5, 5.41) is 8.63. The Kier molecular flexibility index (Phi) is 7.06. The summed E-state index contributed by atoms with van der Waals surface area (Å²) in [6.45, 7) is 5.80. The number of benzene rings is 1. The van der Waals surface area contributed by atoms with Gasteiger partial charge >= 0.3 is 0 Å². The van der Waals surface area contributed by atoms with Crippen molar-refractivity contribution >= 4 is 21.7 Å². The number of phenolic OH excluding ortho intramolecular Hbond substituents is 1. The summed E-state index contributed by atoms with van der Waals surface area (Å²) in [5.74, 6) is 0.604. The Morgan fingerprint density at radius 3 is 2.00 bits per heavy atom. The molecule has 16 heavy (non-hydrogen) atoms. The summed E-state index contributed by atoms with van der Waals surface area (Å²) in [5.41, 5.74) is 0.